The summed E-state index contributed by atoms with van der Waals surface area (Å²) in [5.74, 6) is 8.41. The predicted octanol–water partition coefficient (Wildman–Crippen LogP) is 5.19. The summed E-state index contributed by atoms with van der Waals surface area (Å²) in [6.45, 7) is 11.7. The fourth-order valence-electron chi connectivity index (χ4n) is 2.20. The monoisotopic (exact) mass is 272 g/mol. The van der Waals surface area contributed by atoms with Gasteiger partial charge in [-0.05, 0) is 36.0 Å². The first-order valence-corrected chi connectivity index (χ1v) is 7.82. The first-order valence-electron chi connectivity index (χ1n) is 7.82. The third-order valence-corrected chi connectivity index (χ3v) is 3.23. The van der Waals surface area contributed by atoms with Crippen molar-refractivity contribution in [3.63, 3.8) is 0 Å². The van der Waals surface area contributed by atoms with Crippen molar-refractivity contribution in [1.29, 1.82) is 0 Å². The first kappa shape index (κ1) is 16.6. The van der Waals surface area contributed by atoms with Gasteiger partial charge < -0.3 is 4.74 Å². The van der Waals surface area contributed by atoms with Gasteiger partial charge in [-0.15, -0.1) is 5.92 Å². The molecule has 0 bridgehead atoms. The molecule has 1 unspecified atom stereocenters. The molecule has 0 aromatic heterocycles. The highest BCUT2D eigenvalue weighted by atomic mass is 16.5. The van der Waals surface area contributed by atoms with Crippen LogP contribution < -0.4 is 4.74 Å². The summed E-state index contributed by atoms with van der Waals surface area (Å²) < 4.78 is 5.84. The van der Waals surface area contributed by atoms with Crippen molar-refractivity contribution in [1.82, 2.24) is 0 Å². The Morgan fingerprint density at radius 1 is 1.15 bits per heavy atom. The van der Waals surface area contributed by atoms with Crippen LogP contribution in [0.25, 0.3) is 0 Å². The standard InChI is InChI=1S/C19H28O/c1-6-8-9-16(5)13-17-10-11-19(20-12-7-2)18(14-17)15(3)4/h10-11,14-16H,6-7,12-13H2,1-5H3. The van der Waals surface area contributed by atoms with Crippen LogP contribution in [0, 0.1) is 17.8 Å². The van der Waals surface area contributed by atoms with Crippen LogP contribution in [-0.4, -0.2) is 6.61 Å². The van der Waals surface area contributed by atoms with Crippen LogP contribution in [0.3, 0.4) is 0 Å². The highest BCUT2D eigenvalue weighted by molar-refractivity contribution is 5.39. The molecule has 0 saturated heterocycles. The minimum atomic E-state index is 0.414. The smallest absolute Gasteiger partial charge is 0.122 e. The van der Waals surface area contributed by atoms with E-state index in [0.29, 0.717) is 11.8 Å². The van der Waals surface area contributed by atoms with Gasteiger partial charge in [-0.25, -0.2) is 0 Å². The summed E-state index contributed by atoms with van der Waals surface area (Å²) in [5, 5.41) is 0. The Bertz CT molecular complexity index is 462. The number of rotatable bonds is 6. The average Bonchev–Trinajstić information content (AvgIpc) is 2.43. The molecule has 1 aromatic carbocycles. The Morgan fingerprint density at radius 2 is 1.90 bits per heavy atom. The zero-order valence-electron chi connectivity index (χ0n) is 13.6. The molecule has 1 rings (SSSR count). The van der Waals surface area contributed by atoms with E-state index in [1.54, 1.807) is 0 Å². The van der Waals surface area contributed by atoms with Crippen LogP contribution in [0.2, 0.25) is 0 Å². The van der Waals surface area contributed by atoms with E-state index in [-0.39, 0.29) is 0 Å². The highest BCUT2D eigenvalue weighted by Crippen LogP contribution is 2.28. The fourth-order valence-corrected chi connectivity index (χ4v) is 2.20. The molecule has 0 fully saturated rings. The molecular weight excluding hydrogens is 244 g/mol. The van der Waals surface area contributed by atoms with E-state index >= 15 is 0 Å². The van der Waals surface area contributed by atoms with Crippen molar-refractivity contribution >= 4 is 0 Å². The molecule has 1 nitrogen and oxygen atoms in total. The van der Waals surface area contributed by atoms with Crippen molar-refractivity contribution in [2.45, 2.75) is 59.8 Å². The maximum atomic E-state index is 5.84. The van der Waals surface area contributed by atoms with E-state index < -0.39 is 0 Å². The fraction of sp³-hybridized carbons (Fsp3) is 0.579. The minimum Gasteiger partial charge on any atom is -0.493 e. The molecule has 20 heavy (non-hydrogen) atoms. The maximum absolute atomic E-state index is 5.84. The molecule has 1 aromatic rings. The minimum absolute atomic E-state index is 0.414. The molecule has 110 valence electrons. The second kappa shape index (κ2) is 8.69. The third-order valence-electron chi connectivity index (χ3n) is 3.23. The lowest BCUT2D eigenvalue weighted by Crippen LogP contribution is -2.03. The van der Waals surface area contributed by atoms with Crippen LogP contribution in [-0.2, 0) is 6.42 Å². The molecule has 0 aliphatic rings. The van der Waals surface area contributed by atoms with Gasteiger partial charge in [-0.3, -0.25) is 0 Å². The molecule has 1 heteroatoms. The van der Waals surface area contributed by atoms with Crippen LogP contribution in [0.5, 0.6) is 5.75 Å². The van der Waals surface area contributed by atoms with Gasteiger partial charge in [0.15, 0.2) is 0 Å². The zero-order chi connectivity index (χ0) is 15.0. The van der Waals surface area contributed by atoms with Gasteiger partial charge in [0.05, 0.1) is 6.61 Å². The highest BCUT2D eigenvalue weighted by Gasteiger charge is 2.10. The van der Waals surface area contributed by atoms with E-state index in [4.69, 9.17) is 4.74 Å². The summed E-state index contributed by atoms with van der Waals surface area (Å²) in [7, 11) is 0. The Kier molecular flexibility index (Phi) is 7.23. The SMILES string of the molecule is CCC#CC(C)Cc1ccc(OCCC)c(C(C)C)c1. The molecule has 0 heterocycles. The molecule has 0 spiro atoms. The van der Waals surface area contributed by atoms with Gasteiger partial charge in [0, 0.05) is 12.3 Å². The second-order valence-corrected chi connectivity index (χ2v) is 5.66. The van der Waals surface area contributed by atoms with Crippen LogP contribution in [0.1, 0.15) is 64.5 Å². The van der Waals surface area contributed by atoms with E-state index in [1.165, 1.54) is 11.1 Å². The quantitative estimate of drug-likeness (QED) is 0.647. The summed E-state index contributed by atoms with van der Waals surface area (Å²) in [5.41, 5.74) is 2.67. The van der Waals surface area contributed by atoms with Crippen LogP contribution >= 0.6 is 0 Å². The van der Waals surface area contributed by atoms with Gasteiger partial charge in [-0.2, -0.15) is 0 Å². The van der Waals surface area contributed by atoms with Gasteiger partial charge >= 0.3 is 0 Å². The first-order chi connectivity index (χ1) is 9.58. The van der Waals surface area contributed by atoms with Crippen LogP contribution in [0.15, 0.2) is 18.2 Å². The van der Waals surface area contributed by atoms with Gasteiger partial charge in [0.25, 0.3) is 0 Å². The third kappa shape index (κ3) is 5.29. The van der Waals surface area contributed by atoms with Crippen LogP contribution in [0.4, 0.5) is 0 Å². The maximum Gasteiger partial charge on any atom is 0.122 e. The van der Waals surface area contributed by atoms with E-state index in [0.717, 1.165) is 31.6 Å². The van der Waals surface area contributed by atoms with Gasteiger partial charge in [0.1, 0.15) is 5.75 Å². The Morgan fingerprint density at radius 3 is 2.50 bits per heavy atom. The molecule has 0 radical (unpaired) electrons. The normalized spacial score (nSPS) is 11.9. The molecule has 0 aliphatic heterocycles. The molecule has 0 amide bonds. The largest absolute Gasteiger partial charge is 0.493 e. The topological polar surface area (TPSA) is 9.23 Å². The average molecular weight is 272 g/mol. The molecule has 0 aliphatic carbocycles. The van der Waals surface area contributed by atoms with E-state index in [9.17, 15) is 0 Å². The molecular formula is C19H28O. The molecule has 1 atom stereocenters. The van der Waals surface area contributed by atoms with E-state index in [2.05, 4.69) is 64.7 Å². The summed E-state index contributed by atoms with van der Waals surface area (Å²) in [6.07, 6.45) is 3.00. The van der Waals surface area contributed by atoms with E-state index in [1.807, 2.05) is 0 Å². The lowest BCUT2D eigenvalue weighted by molar-refractivity contribution is 0.313. The van der Waals surface area contributed by atoms with Crippen molar-refractivity contribution in [2.24, 2.45) is 5.92 Å². The van der Waals surface area contributed by atoms with Crippen molar-refractivity contribution in [3.8, 4) is 17.6 Å². The van der Waals surface area contributed by atoms with Crippen molar-refractivity contribution in [3.05, 3.63) is 29.3 Å². The Hall–Kier alpha value is -1.42. The Labute approximate surface area is 124 Å². The lowest BCUT2D eigenvalue weighted by atomic mass is 9.95. The summed E-state index contributed by atoms with van der Waals surface area (Å²) in [4.78, 5) is 0. The van der Waals surface area contributed by atoms with Crippen molar-refractivity contribution in [2.75, 3.05) is 6.61 Å². The van der Waals surface area contributed by atoms with Crippen molar-refractivity contribution < 1.29 is 4.74 Å². The van der Waals surface area contributed by atoms with Gasteiger partial charge in [0.2, 0.25) is 0 Å². The second-order valence-electron chi connectivity index (χ2n) is 5.66. The number of hydrogen-bond acceptors (Lipinski definition) is 1. The van der Waals surface area contributed by atoms with Gasteiger partial charge in [-0.1, -0.05) is 52.7 Å². The number of benzene rings is 1. The lowest BCUT2D eigenvalue weighted by Gasteiger charge is -2.16. The molecule has 0 N–H and O–H groups in total. The number of ether oxygens (including phenoxy) is 1. The summed E-state index contributed by atoms with van der Waals surface area (Å²) >= 11 is 0. The predicted molar refractivity (Wildman–Crippen MR) is 87.3 cm³/mol. The number of hydrogen-bond donors (Lipinski definition) is 0. The zero-order valence-corrected chi connectivity index (χ0v) is 13.6. The molecule has 0 saturated carbocycles. The Balaban J connectivity index is 2.86. The summed E-state index contributed by atoms with van der Waals surface area (Å²) in [6, 6.07) is 6.60.